The molecule has 0 radical (unpaired) electrons. The first kappa shape index (κ1) is 20.7. The monoisotopic (exact) mass is 391 g/mol. The van der Waals surface area contributed by atoms with E-state index < -0.39 is 11.7 Å². The number of anilines is 1. The fourth-order valence-corrected chi connectivity index (χ4v) is 2.38. The van der Waals surface area contributed by atoms with Gasteiger partial charge in [0.05, 0.1) is 27.4 Å². The number of nitrogens with two attached hydrogens (primary N) is 2. The summed E-state index contributed by atoms with van der Waals surface area (Å²) in [6.45, 7) is 3.36. The van der Waals surface area contributed by atoms with Gasteiger partial charge in [-0.05, 0) is 26.0 Å². The Labute approximate surface area is 152 Å². The smallest absolute Gasteiger partial charge is 0.402 e. The van der Waals surface area contributed by atoms with Gasteiger partial charge < -0.3 is 11.5 Å². The van der Waals surface area contributed by atoms with Crippen molar-refractivity contribution in [1.82, 2.24) is 9.78 Å². The van der Waals surface area contributed by atoms with E-state index in [2.05, 4.69) is 5.10 Å². The fraction of sp³-hybridized carbons (Fsp3) is 0.200. The van der Waals surface area contributed by atoms with E-state index in [9.17, 15) is 13.2 Å². The first-order valence-corrected chi connectivity index (χ1v) is 7.43. The SMILES string of the molecule is CC(N)=CC#N.Cc1cc(N)n(-c2c(Cl)cc(C(F)(F)F)cc2Cl)n1. The summed E-state index contributed by atoms with van der Waals surface area (Å²) in [7, 11) is 0. The zero-order chi connectivity index (χ0) is 19.4. The zero-order valence-corrected chi connectivity index (χ0v) is 14.7. The molecule has 0 unspecified atom stereocenters. The maximum atomic E-state index is 12.6. The van der Waals surface area contributed by atoms with E-state index in [-0.39, 0.29) is 21.6 Å². The first-order chi connectivity index (χ1) is 11.5. The third-order valence-corrected chi connectivity index (χ3v) is 3.28. The highest BCUT2D eigenvalue weighted by Crippen LogP contribution is 2.37. The van der Waals surface area contributed by atoms with E-state index in [1.54, 1.807) is 26.0 Å². The van der Waals surface area contributed by atoms with Crippen molar-refractivity contribution in [2.45, 2.75) is 20.0 Å². The fourth-order valence-electron chi connectivity index (χ4n) is 1.73. The van der Waals surface area contributed by atoms with Gasteiger partial charge in [-0.3, -0.25) is 0 Å². The molecule has 0 bridgehead atoms. The highest BCUT2D eigenvalue weighted by molar-refractivity contribution is 6.37. The first-order valence-electron chi connectivity index (χ1n) is 6.68. The van der Waals surface area contributed by atoms with Crippen LogP contribution in [0.15, 0.2) is 30.0 Å². The Balaban J connectivity index is 0.000000450. The van der Waals surface area contributed by atoms with E-state index in [1.807, 2.05) is 0 Å². The van der Waals surface area contributed by atoms with Crippen molar-refractivity contribution >= 4 is 29.0 Å². The maximum Gasteiger partial charge on any atom is 0.416 e. The van der Waals surface area contributed by atoms with Crippen molar-refractivity contribution in [2.24, 2.45) is 5.73 Å². The van der Waals surface area contributed by atoms with Gasteiger partial charge in [0.2, 0.25) is 0 Å². The molecule has 2 rings (SSSR count). The van der Waals surface area contributed by atoms with Crippen molar-refractivity contribution < 1.29 is 13.2 Å². The quantitative estimate of drug-likeness (QED) is 0.701. The number of rotatable bonds is 1. The third kappa shape index (κ3) is 5.59. The van der Waals surface area contributed by atoms with Gasteiger partial charge in [-0.15, -0.1) is 0 Å². The lowest BCUT2D eigenvalue weighted by atomic mass is 10.2. The van der Waals surface area contributed by atoms with Crippen LogP contribution < -0.4 is 11.5 Å². The predicted octanol–water partition coefficient (Wildman–Crippen LogP) is 4.46. The molecule has 1 heterocycles. The van der Waals surface area contributed by atoms with E-state index >= 15 is 0 Å². The highest BCUT2D eigenvalue weighted by Gasteiger charge is 2.32. The van der Waals surface area contributed by atoms with Crippen LogP contribution in [-0.2, 0) is 6.18 Å². The molecule has 25 heavy (non-hydrogen) atoms. The number of aromatic nitrogens is 2. The van der Waals surface area contributed by atoms with Gasteiger partial charge in [-0.1, -0.05) is 23.2 Å². The van der Waals surface area contributed by atoms with Crippen LogP contribution in [0.5, 0.6) is 0 Å². The predicted molar refractivity (Wildman–Crippen MR) is 91.3 cm³/mol. The maximum absolute atomic E-state index is 12.6. The summed E-state index contributed by atoms with van der Waals surface area (Å²) in [5, 5.41) is 11.5. The summed E-state index contributed by atoms with van der Waals surface area (Å²) < 4.78 is 39.0. The number of nitrogens with zero attached hydrogens (tertiary/aromatic N) is 3. The topological polar surface area (TPSA) is 93.6 Å². The number of halogens is 5. The van der Waals surface area contributed by atoms with Crippen LogP contribution in [0.3, 0.4) is 0 Å². The van der Waals surface area contributed by atoms with Crippen LogP contribution in [0.2, 0.25) is 10.0 Å². The number of nitrogen functional groups attached to an aromatic ring is 1. The Kier molecular flexibility index (Phi) is 6.73. The molecule has 0 fully saturated rings. The molecule has 0 saturated carbocycles. The molecule has 0 atom stereocenters. The second kappa shape index (κ2) is 8.14. The van der Waals surface area contributed by atoms with Gasteiger partial charge in [0.15, 0.2) is 0 Å². The Hall–Kier alpha value is -2.37. The van der Waals surface area contributed by atoms with E-state index in [0.717, 1.165) is 12.1 Å². The molecule has 0 aliphatic heterocycles. The van der Waals surface area contributed by atoms with Crippen LogP contribution in [0, 0.1) is 18.3 Å². The minimum Gasteiger partial charge on any atom is -0.402 e. The van der Waals surface area contributed by atoms with Crippen LogP contribution in [0.25, 0.3) is 5.69 Å². The van der Waals surface area contributed by atoms with Crippen molar-refractivity contribution in [3.63, 3.8) is 0 Å². The minimum atomic E-state index is -4.52. The molecule has 2 aromatic rings. The molecule has 0 amide bonds. The van der Waals surface area contributed by atoms with Crippen molar-refractivity contribution in [3.8, 4) is 11.8 Å². The van der Waals surface area contributed by atoms with Crippen LogP contribution >= 0.6 is 23.2 Å². The lowest BCUT2D eigenvalue weighted by Gasteiger charge is -2.13. The summed E-state index contributed by atoms with van der Waals surface area (Å²) in [5.41, 5.74) is 11.1. The van der Waals surface area contributed by atoms with E-state index in [0.29, 0.717) is 11.4 Å². The zero-order valence-electron chi connectivity index (χ0n) is 13.2. The molecule has 134 valence electrons. The number of hydrogen-bond acceptors (Lipinski definition) is 4. The Morgan fingerprint density at radius 2 is 1.80 bits per heavy atom. The van der Waals surface area contributed by atoms with Gasteiger partial charge in [0.1, 0.15) is 11.5 Å². The largest absolute Gasteiger partial charge is 0.416 e. The van der Waals surface area contributed by atoms with Crippen molar-refractivity contribution in [2.75, 3.05) is 5.73 Å². The molecule has 0 spiro atoms. The Morgan fingerprint density at radius 1 is 1.28 bits per heavy atom. The second-order valence-electron chi connectivity index (χ2n) is 4.93. The number of nitriles is 1. The molecule has 5 nitrogen and oxygen atoms in total. The number of aryl methyl sites for hydroxylation is 1. The van der Waals surface area contributed by atoms with Crippen molar-refractivity contribution in [1.29, 1.82) is 5.26 Å². The summed E-state index contributed by atoms with van der Waals surface area (Å²) in [5.74, 6) is 0.237. The summed E-state index contributed by atoms with van der Waals surface area (Å²) in [4.78, 5) is 0. The summed E-state index contributed by atoms with van der Waals surface area (Å²) in [6, 6.07) is 4.92. The number of alkyl halides is 3. The Morgan fingerprint density at radius 3 is 2.08 bits per heavy atom. The normalized spacial score (nSPS) is 11.5. The number of allylic oxidation sites excluding steroid dienone is 2. The molecular formula is C15H14Cl2F3N5. The molecule has 1 aromatic carbocycles. The highest BCUT2D eigenvalue weighted by atomic mass is 35.5. The lowest BCUT2D eigenvalue weighted by molar-refractivity contribution is -0.137. The van der Waals surface area contributed by atoms with Gasteiger partial charge in [-0.25, -0.2) is 4.68 Å². The van der Waals surface area contributed by atoms with Gasteiger partial charge in [0.25, 0.3) is 0 Å². The van der Waals surface area contributed by atoms with E-state index in [1.165, 1.54) is 10.8 Å². The molecule has 0 aliphatic rings. The van der Waals surface area contributed by atoms with Gasteiger partial charge >= 0.3 is 6.18 Å². The number of hydrogen-bond donors (Lipinski definition) is 2. The Bertz CT molecular complexity index is 808. The summed E-state index contributed by atoms with van der Waals surface area (Å²) >= 11 is 11.7. The average molecular weight is 392 g/mol. The second-order valence-corrected chi connectivity index (χ2v) is 5.74. The van der Waals surface area contributed by atoms with E-state index in [4.69, 9.17) is 39.9 Å². The molecule has 4 N–H and O–H groups in total. The summed E-state index contributed by atoms with van der Waals surface area (Å²) in [6.07, 6.45) is -3.22. The van der Waals surface area contributed by atoms with Crippen LogP contribution in [0.4, 0.5) is 19.0 Å². The molecule has 0 aliphatic carbocycles. The third-order valence-electron chi connectivity index (χ3n) is 2.71. The molecule has 1 aromatic heterocycles. The average Bonchev–Trinajstić information content (AvgIpc) is 2.76. The van der Waals surface area contributed by atoms with Crippen molar-refractivity contribution in [3.05, 3.63) is 51.3 Å². The minimum absolute atomic E-state index is 0.127. The molecule has 0 saturated heterocycles. The molecular weight excluding hydrogens is 378 g/mol. The standard InChI is InChI=1S/C11H8Cl2F3N3.C4H6N2/c1-5-2-9(17)19(18-5)10-7(12)3-6(4-8(10)13)11(14,15)16;1-4(6)2-3-5/h2-4H,17H2,1H3;2H,6H2,1H3. The molecule has 10 heteroatoms. The lowest BCUT2D eigenvalue weighted by Crippen LogP contribution is -2.08. The van der Waals surface area contributed by atoms with Gasteiger partial charge in [-0.2, -0.15) is 23.5 Å². The van der Waals surface area contributed by atoms with Gasteiger partial charge in [0, 0.05) is 17.8 Å². The number of benzene rings is 1. The van der Waals surface area contributed by atoms with Crippen LogP contribution in [0.1, 0.15) is 18.2 Å². The van der Waals surface area contributed by atoms with Crippen LogP contribution in [-0.4, -0.2) is 9.78 Å².